The van der Waals surface area contributed by atoms with Crippen molar-refractivity contribution in [1.82, 2.24) is 20.5 Å². The fourth-order valence-corrected chi connectivity index (χ4v) is 6.58. The molecule has 2 unspecified atom stereocenters. The monoisotopic (exact) mass is 434 g/mol. The zero-order valence-electron chi connectivity index (χ0n) is 17.6. The lowest BCUT2D eigenvalue weighted by molar-refractivity contribution is -0.127. The van der Waals surface area contributed by atoms with E-state index in [0.29, 0.717) is 36.9 Å². The van der Waals surface area contributed by atoms with Crippen LogP contribution in [-0.2, 0) is 14.8 Å². The molecule has 1 aromatic carbocycles. The van der Waals surface area contributed by atoms with E-state index in [-0.39, 0.29) is 18.0 Å². The largest absolute Gasteiger partial charge is 0.339 e. The summed E-state index contributed by atoms with van der Waals surface area (Å²) >= 11 is 0. The van der Waals surface area contributed by atoms with Gasteiger partial charge in [0.05, 0.1) is 11.1 Å². The van der Waals surface area contributed by atoms with Gasteiger partial charge in [0.1, 0.15) is 0 Å². The summed E-state index contributed by atoms with van der Waals surface area (Å²) in [6.45, 7) is 0.770. The van der Waals surface area contributed by atoms with Crippen molar-refractivity contribution in [3.8, 4) is 0 Å². The molecular weight excluding hydrogens is 400 g/mol. The highest BCUT2D eigenvalue weighted by Gasteiger charge is 2.34. The van der Waals surface area contributed by atoms with Gasteiger partial charge in [0.15, 0.2) is 0 Å². The van der Waals surface area contributed by atoms with Crippen LogP contribution in [0.15, 0.2) is 35.2 Å². The Morgan fingerprint density at radius 3 is 2.40 bits per heavy atom. The van der Waals surface area contributed by atoms with E-state index in [9.17, 15) is 13.2 Å². The summed E-state index contributed by atoms with van der Waals surface area (Å²) in [6, 6.07) is 8.93. The molecule has 4 rings (SSSR count). The van der Waals surface area contributed by atoms with Gasteiger partial charge in [-0.25, -0.2) is 13.8 Å². The molecule has 1 saturated carbocycles. The number of nitrogens with one attached hydrogen (secondary N) is 3. The van der Waals surface area contributed by atoms with Gasteiger partial charge in [-0.3, -0.25) is 10.2 Å². The number of carbonyl (C=O) groups excluding carboxylic acids is 1. The Labute approximate surface area is 180 Å². The fraction of sp³-hybridized carbons (Fsp3) is 0.682. The molecule has 8 heteroatoms. The second-order valence-electron chi connectivity index (χ2n) is 9.01. The van der Waals surface area contributed by atoms with Gasteiger partial charge in [-0.1, -0.05) is 50.3 Å². The van der Waals surface area contributed by atoms with Crippen LogP contribution >= 0.6 is 0 Å². The average Bonchev–Trinajstić information content (AvgIpc) is 3.21. The topological polar surface area (TPSA) is 90.5 Å². The summed E-state index contributed by atoms with van der Waals surface area (Å²) in [4.78, 5) is 13.0. The van der Waals surface area contributed by atoms with E-state index in [2.05, 4.69) is 16.2 Å². The summed E-state index contributed by atoms with van der Waals surface area (Å²) in [5, 5.41) is 3.12. The minimum absolute atomic E-state index is 0.0318. The van der Waals surface area contributed by atoms with Crippen molar-refractivity contribution in [2.45, 2.75) is 74.9 Å². The predicted molar refractivity (Wildman–Crippen MR) is 116 cm³/mol. The zero-order valence-corrected chi connectivity index (χ0v) is 18.4. The molecule has 3 aliphatic rings. The first-order chi connectivity index (χ1) is 14.5. The summed E-state index contributed by atoms with van der Waals surface area (Å²) in [5.41, 5.74) is 6.59. The third-order valence-electron chi connectivity index (χ3n) is 6.85. The number of hydrazine groups is 1. The van der Waals surface area contributed by atoms with E-state index in [1.807, 2.05) is 0 Å². The van der Waals surface area contributed by atoms with Crippen LogP contribution in [-0.4, -0.2) is 43.9 Å². The molecule has 1 amide bonds. The second-order valence-corrected chi connectivity index (χ2v) is 11.0. The fourth-order valence-electron chi connectivity index (χ4n) is 5.09. The molecule has 2 atom stereocenters. The Kier molecular flexibility index (Phi) is 7.08. The van der Waals surface area contributed by atoms with E-state index in [4.69, 9.17) is 0 Å². The Hall–Kier alpha value is -1.48. The van der Waals surface area contributed by atoms with Crippen LogP contribution in [0, 0.1) is 11.8 Å². The normalized spacial score (nSPS) is 27.2. The first-order valence-corrected chi connectivity index (χ1v) is 12.8. The van der Waals surface area contributed by atoms with Gasteiger partial charge in [-0.05, 0) is 43.7 Å². The molecule has 1 aliphatic carbocycles. The first-order valence-electron chi connectivity index (χ1n) is 11.4. The highest BCUT2D eigenvalue weighted by molar-refractivity contribution is 7.89. The van der Waals surface area contributed by atoms with Crippen LogP contribution in [0.2, 0.25) is 0 Å². The molecule has 3 fully saturated rings. The highest BCUT2D eigenvalue weighted by atomic mass is 32.2. The molecule has 0 bridgehead atoms. The van der Waals surface area contributed by atoms with Crippen molar-refractivity contribution in [3.63, 3.8) is 0 Å². The molecule has 166 valence electrons. The molecule has 30 heavy (non-hydrogen) atoms. The molecule has 0 aromatic heterocycles. The molecular formula is C22H34N4O3S. The van der Waals surface area contributed by atoms with Gasteiger partial charge in [-0.2, -0.15) is 4.31 Å². The molecule has 7 nitrogen and oxygen atoms in total. The van der Waals surface area contributed by atoms with E-state index in [1.54, 1.807) is 30.3 Å². The van der Waals surface area contributed by atoms with Crippen LogP contribution < -0.4 is 16.2 Å². The third kappa shape index (κ3) is 5.22. The molecule has 2 heterocycles. The number of hydrogen-bond donors (Lipinski definition) is 3. The second kappa shape index (κ2) is 9.77. The maximum absolute atomic E-state index is 12.7. The number of benzene rings is 1. The van der Waals surface area contributed by atoms with E-state index < -0.39 is 10.0 Å². The van der Waals surface area contributed by atoms with E-state index >= 15 is 0 Å². The summed E-state index contributed by atoms with van der Waals surface area (Å²) in [5.74, 6) is 0.708. The Bertz CT molecular complexity index is 803. The van der Waals surface area contributed by atoms with Crippen molar-refractivity contribution in [1.29, 1.82) is 0 Å². The maximum atomic E-state index is 12.7. The zero-order chi connectivity index (χ0) is 21.0. The lowest BCUT2D eigenvalue weighted by Crippen LogP contribution is -2.49. The van der Waals surface area contributed by atoms with Gasteiger partial charge in [0, 0.05) is 25.0 Å². The number of piperidine rings is 1. The van der Waals surface area contributed by atoms with Gasteiger partial charge in [-0.15, -0.1) is 0 Å². The molecule has 0 spiro atoms. The molecule has 1 aromatic rings. The molecule has 2 aliphatic heterocycles. The first kappa shape index (κ1) is 21.7. The van der Waals surface area contributed by atoms with Crippen LogP contribution in [0.4, 0.5) is 0 Å². The summed E-state index contributed by atoms with van der Waals surface area (Å²) in [7, 11) is -3.48. The van der Waals surface area contributed by atoms with Gasteiger partial charge in [0.25, 0.3) is 0 Å². The van der Waals surface area contributed by atoms with Crippen molar-refractivity contribution < 1.29 is 13.2 Å². The molecule has 3 N–H and O–H groups in total. The third-order valence-corrected chi connectivity index (χ3v) is 8.76. The minimum atomic E-state index is -3.48. The molecule has 2 saturated heterocycles. The lowest BCUT2D eigenvalue weighted by atomic mass is 9.84. The number of nitrogens with zero attached hydrogens (tertiary/aromatic N) is 1. The maximum Gasteiger partial charge on any atom is 0.243 e. The lowest BCUT2D eigenvalue weighted by Gasteiger charge is -2.31. The van der Waals surface area contributed by atoms with Crippen molar-refractivity contribution in [3.05, 3.63) is 30.3 Å². The standard InChI is InChI=1S/C22H34N4O3S/c27-22(23-21-16-19(24-25-21)15-17-7-3-1-4-8-17)18-11-13-26(14-12-18)30(28,29)20-9-5-2-6-10-20/h2,5-6,9-10,17-19,21,24-25H,1,3-4,7-8,11-16H2,(H,23,27). The summed E-state index contributed by atoms with van der Waals surface area (Å²) in [6.07, 6.45) is 9.90. The highest BCUT2D eigenvalue weighted by Crippen LogP contribution is 2.29. The van der Waals surface area contributed by atoms with Crippen LogP contribution in [0.25, 0.3) is 0 Å². The number of rotatable bonds is 6. The van der Waals surface area contributed by atoms with E-state index in [0.717, 1.165) is 12.3 Å². The Morgan fingerprint density at radius 2 is 1.70 bits per heavy atom. The number of hydrogen-bond acceptors (Lipinski definition) is 5. The Balaban J connectivity index is 1.22. The van der Waals surface area contributed by atoms with Gasteiger partial charge >= 0.3 is 0 Å². The SMILES string of the molecule is O=C(NC1CC(CC2CCCCC2)NN1)C1CCN(S(=O)(=O)c2ccccc2)CC1. The Morgan fingerprint density at radius 1 is 1.00 bits per heavy atom. The number of carbonyl (C=O) groups is 1. The number of sulfonamides is 1. The van der Waals surface area contributed by atoms with Gasteiger partial charge < -0.3 is 5.32 Å². The number of amides is 1. The summed E-state index contributed by atoms with van der Waals surface area (Å²) < 4.78 is 27.0. The van der Waals surface area contributed by atoms with Crippen LogP contribution in [0.1, 0.15) is 57.8 Å². The van der Waals surface area contributed by atoms with Crippen molar-refractivity contribution in [2.75, 3.05) is 13.1 Å². The van der Waals surface area contributed by atoms with Crippen LogP contribution in [0.3, 0.4) is 0 Å². The quantitative estimate of drug-likeness (QED) is 0.640. The van der Waals surface area contributed by atoms with Crippen molar-refractivity contribution in [2.24, 2.45) is 11.8 Å². The van der Waals surface area contributed by atoms with Crippen LogP contribution in [0.5, 0.6) is 0 Å². The molecule has 0 radical (unpaired) electrons. The van der Waals surface area contributed by atoms with Crippen molar-refractivity contribution >= 4 is 15.9 Å². The minimum Gasteiger partial charge on any atom is -0.339 e. The smallest absolute Gasteiger partial charge is 0.243 e. The predicted octanol–water partition coefficient (Wildman–Crippen LogP) is 2.37. The average molecular weight is 435 g/mol. The van der Waals surface area contributed by atoms with E-state index in [1.165, 1.54) is 42.8 Å². The van der Waals surface area contributed by atoms with Gasteiger partial charge in [0.2, 0.25) is 15.9 Å².